The molecule has 0 atom stereocenters. The molecule has 168 valence electrons. The normalized spacial score (nSPS) is 16.0. The molecule has 1 aliphatic carbocycles. The summed E-state index contributed by atoms with van der Waals surface area (Å²) >= 11 is 0. The Kier molecular flexibility index (Phi) is 8.21. The predicted molar refractivity (Wildman–Crippen MR) is 119 cm³/mol. The molecule has 0 aliphatic heterocycles. The van der Waals surface area contributed by atoms with Crippen molar-refractivity contribution in [3.8, 4) is 0 Å². The maximum absolute atomic E-state index is 13.3. The number of nitrogens with one attached hydrogen (secondary N) is 1. The van der Waals surface area contributed by atoms with Gasteiger partial charge in [0.15, 0.2) is 0 Å². The zero-order valence-electron chi connectivity index (χ0n) is 18.0. The molecule has 2 aromatic rings. The molecule has 1 aliphatic rings. The second-order valence-corrected chi connectivity index (χ2v) is 10.3. The van der Waals surface area contributed by atoms with Crippen LogP contribution in [0.15, 0.2) is 53.4 Å². The fourth-order valence-corrected chi connectivity index (χ4v) is 5.30. The number of amides is 1. The van der Waals surface area contributed by atoms with Gasteiger partial charge in [0.1, 0.15) is 5.82 Å². The van der Waals surface area contributed by atoms with Crippen LogP contribution >= 0.6 is 0 Å². The molecule has 0 unspecified atom stereocenters. The van der Waals surface area contributed by atoms with Gasteiger partial charge in [-0.2, -0.15) is 4.31 Å². The van der Waals surface area contributed by atoms with Gasteiger partial charge in [0.2, 0.25) is 15.9 Å². The lowest BCUT2D eigenvalue weighted by Crippen LogP contribution is -2.44. The first-order valence-electron chi connectivity index (χ1n) is 11.0. The Bertz CT molecular complexity index is 951. The highest BCUT2D eigenvalue weighted by atomic mass is 32.2. The molecule has 5 nitrogen and oxygen atoms in total. The quantitative estimate of drug-likeness (QED) is 0.678. The van der Waals surface area contributed by atoms with Crippen LogP contribution in [0.1, 0.15) is 56.1 Å². The van der Waals surface area contributed by atoms with Gasteiger partial charge in [-0.05, 0) is 49.6 Å². The fourth-order valence-electron chi connectivity index (χ4n) is 3.91. The molecule has 1 N–H and O–H groups in total. The van der Waals surface area contributed by atoms with Crippen LogP contribution in [0.3, 0.4) is 0 Å². The van der Waals surface area contributed by atoms with Crippen molar-refractivity contribution in [2.24, 2.45) is 0 Å². The van der Waals surface area contributed by atoms with E-state index in [2.05, 4.69) is 5.32 Å². The minimum absolute atomic E-state index is 0.00538. The average Bonchev–Trinajstić information content (AvgIpc) is 2.71. The molecule has 0 heterocycles. The highest BCUT2D eigenvalue weighted by Gasteiger charge is 2.27. The highest BCUT2D eigenvalue weighted by molar-refractivity contribution is 7.89. The predicted octanol–water partition coefficient (Wildman–Crippen LogP) is 4.55. The van der Waals surface area contributed by atoms with Crippen LogP contribution in [0, 0.1) is 12.7 Å². The van der Waals surface area contributed by atoms with Crippen LogP contribution in [0.4, 0.5) is 4.39 Å². The summed E-state index contributed by atoms with van der Waals surface area (Å²) in [6, 6.07) is 12.3. The third-order valence-electron chi connectivity index (χ3n) is 5.72. The van der Waals surface area contributed by atoms with Gasteiger partial charge in [0, 0.05) is 12.6 Å². The monoisotopic (exact) mass is 446 g/mol. The summed E-state index contributed by atoms with van der Waals surface area (Å²) in [6.07, 6.45) is 7.58. The Morgan fingerprint density at radius 3 is 2.16 bits per heavy atom. The standard InChI is InChI=1S/C24H31FN2O3S/c1-19-9-15-23(16-10-19)31(29,30)27(17-20-11-13-21(25)14-12-20)18-24(28)26-22-7-5-3-2-4-6-8-22/h9-16,22H,2-8,17-18H2,1H3,(H,26,28). The molecule has 3 rings (SSSR count). The zero-order valence-corrected chi connectivity index (χ0v) is 18.8. The smallest absolute Gasteiger partial charge is 0.243 e. The Morgan fingerprint density at radius 2 is 1.55 bits per heavy atom. The van der Waals surface area contributed by atoms with Gasteiger partial charge < -0.3 is 5.32 Å². The largest absolute Gasteiger partial charge is 0.352 e. The van der Waals surface area contributed by atoms with Crippen LogP contribution in [-0.2, 0) is 21.4 Å². The lowest BCUT2D eigenvalue weighted by Gasteiger charge is -2.25. The summed E-state index contributed by atoms with van der Waals surface area (Å²) in [7, 11) is -3.90. The maximum Gasteiger partial charge on any atom is 0.243 e. The van der Waals surface area contributed by atoms with Crippen molar-refractivity contribution in [3.63, 3.8) is 0 Å². The zero-order chi connectivity index (χ0) is 22.3. The topological polar surface area (TPSA) is 66.5 Å². The SMILES string of the molecule is Cc1ccc(S(=O)(=O)N(CC(=O)NC2CCCCCCC2)Cc2ccc(F)cc2)cc1. The third kappa shape index (κ3) is 6.87. The number of carbonyl (C=O) groups excluding carboxylic acids is 1. The number of nitrogens with zero attached hydrogens (tertiary/aromatic N) is 1. The van der Waals surface area contributed by atoms with Crippen molar-refractivity contribution in [1.29, 1.82) is 0 Å². The number of halogens is 1. The van der Waals surface area contributed by atoms with Crippen molar-refractivity contribution in [1.82, 2.24) is 9.62 Å². The molecule has 2 aromatic carbocycles. The lowest BCUT2D eigenvalue weighted by atomic mass is 9.97. The van der Waals surface area contributed by atoms with Crippen LogP contribution < -0.4 is 5.32 Å². The van der Waals surface area contributed by atoms with Crippen molar-refractivity contribution in [2.45, 2.75) is 69.4 Å². The summed E-state index contributed by atoms with van der Waals surface area (Å²) < 4.78 is 41.1. The van der Waals surface area contributed by atoms with E-state index in [0.717, 1.165) is 31.2 Å². The van der Waals surface area contributed by atoms with E-state index in [-0.39, 0.29) is 29.9 Å². The van der Waals surface area contributed by atoms with Crippen molar-refractivity contribution < 1.29 is 17.6 Å². The average molecular weight is 447 g/mol. The van der Waals surface area contributed by atoms with Crippen molar-refractivity contribution in [3.05, 3.63) is 65.5 Å². The molecule has 0 bridgehead atoms. The lowest BCUT2D eigenvalue weighted by molar-refractivity contribution is -0.122. The number of hydrogen-bond acceptors (Lipinski definition) is 3. The molecule has 0 saturated heterocycles. The minimum Gasteiger partial charge on any atom is -0.352 e. The number of aryl methyl sites for hydroxylation is 1. The summed E-state index contributed by atoms with van der Waals surface area (Å²) in [6.45, 7) is 1.60. The van der Waals surface area contributed by atoms with E-state index >= 15 is 0 Å². The van der Waals surface area contributed by atoms with E-state index < -0.39 is 15.8 Å². The molecule has 31 heavy (non-hydrogen) atoms. The molecule has 0 spiro atoms. The third-order valence-corrected chi connectivity index (χ3v) is 7.53. The minimum atomic E-state index is -3.90. The molecule has 1 saturated carbocycles. The van der Waals surface area contributed by atoms with Crippen molar-refractivity contribution >= 4 is 15.9 Å². The summed E-state index contributed by atoms with van der Waals surface area (Å²) in [4.78, 5) is 13.0. The van der Waals surface area contributed by atoms with Crippen LogP contribution in [-0.4, -0.2) is 31.2 Å². The number of carbonyl (C=O) groups is 1. The molecule has 1 amide bonds. The first-order chi connectivity index (χ1) is 14.8. The molecule has 0 radical (unpaired) electrons. The van der Waals surface area contributed by atoms with E-state index in [1.807, 2.05) is 6.92 Å². The van der Waals surface area contributed by atoms with E-state index in [4.69, 9.17) is 0 Å². The Labute approximate surface area is 184 Å². The summed E-state index contributed by atoms with van der Waals surface area (Å²) in [5.74, 6) is -0.693. The van der Waals surface area contributed by atoms with Gasteiger partial charge in [0.25, 0.3) is 0 Å². The Balaban J connectivity index is 1.78. The van der Waals surface area contributed by atoms with Gasteiger partial charge in [0.05, 0.1) is 11.4 Å². The highest BCUT2D eigenvalue weighted by Crippen LogP contribution is 2.20. The van der Waals surface area contributed by atoms with Crippen LogP contribution in [0.2, 0.25) is 0 Å². The fraction of sp³-hybridized carbons (Fsp3) is 0.458. The second kappa shape index (κ2) is 10.9. The maximum atomic E-state index is 13.3. The van der Waals surface area contributed by atoms with Gasteiger partial charge in [-0.15, -0.1) is 0 Å². The molecular formula is C24H31FN2O3S. The van der Waals surface area contributed by atoms with E-state index in [1.54, 1.807) is 36.4 Å². The number of benzene rings is 2. The first kappa shape index (κ1) is 23.4. The number of hydrogen-bond donors (Lipinski definition) is 1. The molecule has 7 heteroatoms. The summed E-state index contributed by atoms with van der Waals surface area (Å²) in [5, 5.41) is 3.04. The van der Waals surface area contributed by atoms with Crippen LogP contribution in [0.5, 0.6) is 0 Å². The van der Waals surface area contributed by atoms with Crippen molar-refractivity contribution in [2.75, 3.05) is 6.54 Å². The van der Waals surface area contributed by atoms with Gasteiger partial charge in [-0.1, -0.05) is 61.9 Å². The number of sulfonamides is 1. The molecule has 0 aromatic heterocycles. The van der Waals surface area contributed by atoms with E-state index in [9.17, 15) is 17.6 Å². The second-order valence-electron chi connectivity index (χ2n) is 8.32. The Morgan fingerprint density at radius 1 is 0.968 bits per heavy atom. The van der Waals surface area contributed by atoms with Gasteiger partial charge in [-0.3, -0.25) is 4.79 Å². The molecule has 1 fully saturated rings. The van der Waals surface area contributed by atoms with E-state index in [0.29, 0.717) is 5.56 Å². The Hall–Kier alpha value is -2.25. The molecular weight excluding hydrogens is 415 g/mol. The summed E-state index contributed by atoms with van der Waals surface area (Å²) in [5.41, 5.74) is 1.57. The van der Waals surface area contributed by atoms with E-state index in [1.165, 1.54) is 35.7 Å². The van der Waals surface area contributed by atoms with Crippen LogP contribution in [0.25, 0.3) is 0 Å². The van der Waals surface area contributed by atoms with Gasteiger partial charge in [-0.25, -0.2) is 12.8 Å². The first-order valence-corrected chi connectivity index (χ1v) is 12.4. The van der Waals surface area contributed by atoms with Gasteiger partial charge >= 0.3 is 0 Å². The number of rotatable bonds is 7.